The fourth-order valence-electron chi connectivity index (χ4n) is 3.62. The van der Waals surface area contributed by atoms with Crippen molar-refractivity contribution < 1.29 is 4.74 Å². The second kappa shape index (κ2) is 10.4. The molecule has 1 heterocycles. The molecule has 4 nitrogen and oxygen atoms in total. The van der Waals surface area contributed by atoms with Crippen LogP contribution in [0.3, 0.4) is 0 Å². The Bertz CT molecular complexity index is 689. The number of ether oxygens (including phenoxy) is 1. The molecule has 0 unspecified atom stereocenters. The predicted octanol–water partition coefficient (Wildman–Crippen LogP) is 3.16. The fraction of sp³-hybridized carbons (Fsp3) is 0.409. The van der Waals surface area contributed by atoms with Crippen LogP contribution in [-0.4, -0.2) is 48.9 Å². The van der Waals surface area contributed by atoms with Crippen molar-refractivity contribution in [2.75, 3.05) is 32.8 Å². The molecule has 0 aromatic heterocycles. The van der Waals surface area contributed by atoms with Crippen LogP contribution in [0.2, 0.25) is 0 Å². The van der Waals surface area contributed by atoms with E-state index in [1.54, 1.807) is 0 Å². The highest BCUT2D eigenvalue weighted by atomic mass is 32.1. The summed E-state index contributed by atoms with van der Waals surface area (Å²) >= 11 is 5.55. The van der Waals surface area contributed by atoms with Gasteiger partial charge in [0, 0.05) is 25.7 Å². The van der Waals surface area contributed by atoms with Gasteiger partial charge < -0.3 is 15.4 Å². The molecular weight excluding hydrogens is 354 g/mol. The van der Waals surface area contributed by atoms with Gasteiger partial charge in [0.25, 0.3) is 0 Å². The molecule has 0 radical (unpaired) electrons. The van der Waals surface area contributed by atoms with Gasteiger partial charge in [0.2, 0.25) is 0 Å². The second-order valence-electron chi connectivity index (χ2n) is 6.93. The van der Waals surface area contributed by atoms with E-state index in [-0.39, 0.29) is 12.1 Å². The van der Waals surface area contributed by atoms with Crippen molar-refractivity contribution in [2.45, 2.75) is 25.4 Å². The van der Waals surface area contributed by atoms with E-state index in [1.165, 1.54) is 11.1 Å². The molecule has 144 valence electrons. The first-order valence-corrected chi connectivity index (χ1v) is 10.1. The van der Waals surface area contributed by atoms with Crippen molar-refractivity contribution in [1.29, 1.82) is 0 Å². The molecule has 0 amide bonds. The number of hydrogen-bond donors (Lipinski definition) is 2. The summed E-state index contributed by atoms with van der Waals surface area (Å²) in [6, 6.07) is 21.6. The van der Waals surface area contributed by atoms with Crippen molar-refractivity contribution in [3.05, 3.63) is 71.8 Å². The zero-order chi connectivity index (χ0) is 18.9. The summed E-state index contributed by atoms with van der Waals surface area (Å²) in [6.45, 7) is 6.50. The van der Waals surface area contributed by atoms with E-state index < -0.39 is 0 Å². The number of nitrogens with zero attached hydrogens (tertiary/aromatic N) is 1. The molecule has 2 N–H and O–H groups in total. The SMILES string of the molecule is C[C@@H](NC(=S)NCCc1ccccc1)[C@H](c1ccccc1)N1CCOCC1. The van der Waals surface area contributed by atoms with E-state index >= 15 is 0 Å². The lowest BCUT2D eigenvalue weighted by Crippen LogP contribution is -2.50. The molecule has 2 aromatic rings. The third kappa shape index (κ3) is 6.03. The van der Waals surface area contributed by atoms with Crippen LogP contribution in [0.1, 0.15) is 24.1 Å². The molecule has 2 aromatic carbocycles. The average Bonchev–Trinajstić information content (AvgIpc) is 2.70. The van der Waals surface area contributed by atoms with E-state index in [9.17, 15) is 0 Å². The topological polar surface area (TPSA) is 36.5 Å². The Kier molecular flexibility index (Phi) is 7.63. The van der Waals surface area contributed by atoms with Crippen molar-refractivity contribution in [3.63, 3.8) is 0 Å². The normalized spacial score (nSPS) is 17.1. The highest BCUT2D eigenvalue weighted by molar-refractivity contribution is 7.80. The molecule has 27 heavy (non-hydrogen) atoms. The third-order valence-electron chi connectivity index (χ3n) is 4.95. The Labute approximate surface area is 167 Å². The molecule has 0 spiro atoms. The number of thiocarbonyl (C=S) groups is 1. The van der Waals surface area contributed by atoms with Gasteiger partial charge in [-0.05, 0) is 36.7 Å². The maximum atomic E-state index is 5.55. The van der Waals surface area contributed by atoms with E-state index in [4.69, 9.17) is 17.0 Å². The van der Waals surface area contributed by atoms with Gasteiger partial charge in [-0.3, -0.25) is 4.90 Å². The lowest BCUT2D eigenvalue weighted by molar-refractivity contribution is 0.0102. The largest absolute Gasteiger partial charge is 0.379 e. The van der Waals surface area contributed by atoms with Crippen LogP contribution < -0.4 is 10.6 Å². The predicted molar refractivity (Wildman–Crippen MR) is 115 cm³/mol. The van der Waals surface area contributed by atoms with Crippen LogP contribution >= 0.6 is 12.2 Å². The van der Waals surface area contributed by atoms with Crippen molar-refractivity contribution in [3.8, 4) is 0 Å². The number of rotatable bonds is 7. The van der Waals surface area contributed by atoms with Crippen LogP contribution in [-0.2, 0) is 11.2 Å². The van der Waals surface area contributed by atoms with E-state index in [0.717, 1.165) is 39.3 Å². The molecular formula is C22H29N3OS. The molecule has 1 fully saturated rings. The molecule has 0 aliphatic carbocycles. The highest BCUT2D eigenvalue weighted by Crippen LogP contribution is 2.25. The van der Waals surface area contributed by atoms with Gasteiger partial charge in [-0.15, -0.1) is 0 Å². The summed E-state index contributed by atoms with van der Waals surface area (Å²) < 4.78 is 5.54. The zero-order valence-electron chi connectivity index (χ0n) is 15.9. The standard InChI is InChI=1S/C22H29N3OS/c1-18(24-22(27)23-13-12-19-8-4-2-5-9-19)21(20-10-6-3-7-11-20)25-14-16-26-17-15-25/h2-11,18,21H,12-17H2,1H3,(H2,23,24,27)/t18-,21-/m1/s1. The number of hydrogen-bond acceptors (Lipinski definition) is 3. The van der Waals surface area contributed by atoms with Gasteiger partial charge in [-0.25, -0.2) is 0 Å². The van der Waals surface area contributed by atoms with Gasteiger partial charge in [0.15, 0.2) is 5.11 Å². The number of nitrogens with one attached hydrogen (secondary N) is 2. The van der Waals surface area contributed by atoms with Crippen molar-refractivity contribution in [2.24, 2.45) is 0 Å². The molecule has 0 saturated carbocycles. The maximum absolute atomic E-state index is 5.55. The minimum absolute atomic E-state index is 0.197. The summed E-state index contributed by atoms with van der Waals surface area (Å²) in [5.74, 6) is 0. The number of benzene rings is 2. The lowest BCUT2D eigenvalue weighted by atomic mass is 9.98. The Hall–Kier alpha value is -1.95. The number of morpholine rings is 1. The monoisotopic (exact) mass is 383 g/mol. The van der Waals surface area contributed by atoms with E-state index in [2.05, 4.69) is 77.1 Å². The average molecular weight is 384 g/mol. The van der Waals surface area contributed by atoms with Crippen molar-refractivity contribution in [1.82, 2.24) is 15.5 Å². The molecule has 0 bridgehead atoms. The summed E-state index contributed by atoms with van der Waals surface area (Å²) in [7, 11) is 0. The smallest absolute Gasteiger partial charge is 0.166 e. The van der Waals surface area contributed by atoms with Gasteiger partial charge in [0.05, 0.1) is 19.3 Å². The molecule has 1 saturated heterocycles. The van der Waals surface area contributed by atoms with Gasteiger partial charge in [-0.1, -0.05) is 60.7 Å². The first-order chi connectivity index (χ1) is 13.2. The van der Waals surface area contributed by atoms with Crippen molar-refractivity contribution >= 4 is 17.3 Å². The quantitative estimate of drug-likeness (QED) is 0.719. The maximum Gasteiger partial charge on any atom is 0.166 e. The van der Waals surface area contributed by atoms with Crippen LogP contribution in [0.15, 0.2) is 60.7 Å². The molecule has 3 rings (SSSR count). The van der Waals surface area contributed by atoms with Gasteiger partial charge in [0.1, 0.15) is 0 Å². The fourth-order valence-corrected chi connectivity index (χ4v) is 3.91. The van der Waals surface area contributed by atoms with E-state index in [1.807, 2.05) is 6.07 Å². The molecule has 1 aliphatic heterocycles. The molecule has 1 aliphatic rings. The Balaban J connectivity index is 1.56. The first-order valence-electron chi connectivity index (χ1n) is 9.69. The second-order valence-corrected chi connectivity index (χ2v) is 7.34. The first kappa shape index (κ1) is 19.8. The summed E-state index contributed by atoms with van der Waals surface area (Å²) in [6.07, 6.45) is 0.961. The molecule has 5 heteroatoms. The Morgan fingerprint density at radius 1 is 1.04 bits per heavy atom. The van der Waals surface area contributed by atoms with Crippen LogP contribution in [0.25, 0.3) is 0 Å². The Morgan fingerprint density at radius 2 is 1.67 bits per heavy atom. The lowest BCUT2D eigenvalue weighted by Gasteiger charge is -2.38. The summed E-state index contributed by atoms with van der Waals surface area (Å²) in [4.78, 5) is 2.49. The summed E-state index contributed by atoms with van der Waals surface area (Å²) in [5, 5.41) is 7.56. The van der Waals surface area contributed by atoms with Crippen LogP contribution in [0, 0.1) is 0 Å². The minimum Gasteiger partial charge on any atom is -0.379 e. The summed E-state index contributed by atoms with van der Waals surface area (Å²) in [5.41, 5.74) is 2.63. The van der Waals surface area contributed by atoms with E-state index in [0.29, 0.717) is 5.11 Å². The minimum atomic E-state index is 0.197. The molecule has 2 atom stereocenters. The third-order valence-corrected chi connectivity index (χ3v) is 5.22. The van der Waals surface area contributed by atoms with Gasteiger partial charge >= 0.3 is 0 Å². The zero-order valence-corrected chi connectivity index (χ0v) is 16.8. The highest BCUT2D eigenvalue weighted by Gasteiger charge is 2.27. The van der Waals surface area contributed by atoms with Crippen LogP contribution in [0.5, 0.6) is 0 Å². The Morgan fingerprint density at radius 3 is 2.33 bits per heavy atom. The van der Waals surface area contributed by atoms with Crippen LogP contribution in [0.4, 0.5) is 0 Å². The van der Waals surface area contributed by atoms with Gasteiger partial charge in [-0.2, -0.15) is 0 Å².